The van der Waals surface area contributed by atoms with Crippen molar-refractivity contribution < 1.29 is 0 Å². The van der Waals surface area contributed by atoms with Gasteiger partial charge in [-0.3, -0.25) is 4.98 Å². The summed E-state index contributed by atoms with van der Waals surface area (Å²) in [6, 6.07) is 67.9. The summed E-state index contributed by atoms with van der Waals surface area (Å²) in [5.74, 6) is 0.693. The van der Waals surface area contributed by atoms with E-state index in [1.54, 1.807) is 0 Å². The molecule has 12 aromatic rings. The first-order valence-electron chi connectivity index (χ1n) is 21.1. The fourth-order valence-corrected chi connectivity index (χ4v) is 10.7. The van der Waals surface area contributed by atoms with E-state index in [1.165, 1.54) is 62.4 Å². The van der Waals surface area contributed by atoms with Gasteiger partial charge >= 0.3 is 0 Å². The first-order valence-corrected chi connectivity index (χ1v) is 22.7. The minimum absolute atomic E-state index is 0.693. The highest BCUT2D eigenvalue weighted by molar-refractivity contribution is 7.26. The molecule has 0 aliphatic rings. The summed E-state index contributed by atoms with van der Waals surface area (Å²) in [4.78, 5) is 14.9. The van der Waals surface area contributed by atoms with Crippen molar-refractivity contribution in [3.8, 4) is 67.3 Å². The van der Waals surface area contributed by atoms with Crippen molar-refractivity contribution in [2.24, 2.45) is 0 Å². The molecule has 0 saturated carbocycles. The second kappa shape index (κ2) is 15.9. The molecule has 0 fully saturated rings. The maximum absolute atomic E-state index is 5.32. The molecule has 0 bridgehead atoms. The molecule has 0 spiro atoms. The highest BCUT2D eigenvalue weighted by atomic mass is 32.1. The molecule has 8 aromatic carbocycles. The van der Waals surface area contributed by atoms with Crippen molar-refractivity contribution in [2.45, 2.75) is 13.8 Å². The van der Waals surface area contributed by atoms with E-state index >= 15 is 0 Å². The summed E-state index contributed by atoms with van der Waals surface area (Å²) in [5.41, 5.74) is 11.8. The Balaban J connectivity index is 0.00000213. The van der Waals surface area contributed by atoms with Crippen LogP contribution in [0, 0.1) is 0 Å². The van der Waals surface area contributed by atoms with Crippen molar-refractivity contribution in [1.29, 1.82) is 0 Å². The average molecular weight is 830 g/mol. The number of nitrogens with zero attached hydrogens (tertiary/aromatic N) is 3. The number of pyridine rings is 1. The molecule has 62 heavy (non-hydrogen) atoms. The van der Waals surface area contributed by atoms with Crippen LogP contribution >= 0.6 is 22.7 Å². The molecule has 0 saturated heterocycles. The van der Waals surface area contributed by atoms with Crippen molar-refractivity contribution in [3.05, 3.63) is 200 Å². The lowest BCUT2D eigenvalue weighted by molar-refractivity contribution is 1.18. The van der Waals surface area contributed by atoms with E-state index in [0.717, 1.165) is 50.2 Å². The molecular formula is C57H39N3S2. The van der Waals surface area contributed by atoms with Gasteiger partial charge in [-0.15, -0.1) is 22.7 Å². The Morgan fingerprint density at radius 2 is 0.871 bits per heavy atom. The third kappa shape index (κ3) is 6.82. The quantitative estimate of drug-likeness (QED) is 0.168. The number of aromatic nitrogens is 3. The molecule has 0 radical (unpaired) electrons. The van der Waals surface area contributed by atoms with E-state index in [0.29, 0.717) is 5.82 Å². The number of hydrogen-bond donors (Lipinski definition) is 0. The number of rotatable bonds is 6. The topological polar surface area (TPSA) is 38.7 Å². The predicted molar refractivity (Wildman–Crippen MR) is 267 cm³/mol. The SMILES string of the molecule is CC.c1ccc(-c2nc(-c3ccc(-c4cccc5cnccc45)cc3)cc(-c3cc(-c4ccc5sc6ccccc6c5c4)cc(-c4ccc5sc6ccccc6c5c4)c3)n2)cc1. The van der Waals surface area contributed by atoms with Crippen LogP contribution in [-0.4, -0.2) is 15.0 Å². The normalized spacial score (nSPS) is 11.4. The largest absolute Gasteiger partial charge is 0.264 e. The second-order valence-corrected chi connectivity index (χ2v) is 17.4. The van der Waals surface area contributed by atoms with Crippen LogP contribution in [0.25, 0.3) is 118 Å². The zero-order valence-electron chi connectivity index (χ0n) is 34.2. The van der Waals surface area contributed by atoms with Crippen LogP contribution in [0.1, 0.15) is 13.8 Å². The van der Waals surface area contributed by atoms with Gasteiger partial charge in [0.05, 0.1) is 11.4 Å². The molecular weight excluding hydrogens is 791 g/mol. The van der Waals surface area contributed by atoms with Crippen LogP contribution in [0.5, 0.6) is 0 Å². The van der Waals surface area contributed by atoms with E-state index in [9.17, 15) is 0 Å². The van der Waals surface area contributed by atoms with Crippen LogP contribution in [0.4, 0.5) is 0 Å². The van der Waals surface area contributed by atoms with E-state index in [1.807, 2.05) is 67.1 Å². The van der Waals surface area contributed by atoms with Crippen LogP contribution in [-0.2, 0) is 0 Å². The lowest BCUT2D eigenvalue weighted by Crippen LogP contribution is -1.96. The third-order valence-electron chi connectivity index (χ3n) is 11.6. The monoisotopic (exact) mass is 829 g/mol. The van der Waals surface area contributed by atoms with Gasteiger partial charge < -0.3 is 0 Å². The van der Waals surface area contributed by atoms with Gasteiger partial charge in [-0.2, -0.15) is 0 Å². The maximum atomic E-state index is 5.32. The van der Waals surface area contributed by atoms with E-state index in [2.05, 4.69) is 175 Å². The Kier molecular flexibility index (Phi) is 9.69. The lowest BCUT2D eigenvalue weighted by atomic mass is 9.93. The van der Waals surface area contributed by atoms with Crippen molar-refractivity contribution in [3.63, 3.8) is 0 Å². The summed E-state index contributed by atoms with van der Waals surface area (Å²) in [6.07, 6.45) is 3.78. The standard InChI is InChI=1S/C55H33N3S2.C2H6/c1-2-9-36(10-3-1)55-57-49(35-19-17-34(18-20-35)43-14-8-11-39-33-56-26-25-44(39)43)32-50(58-55)42-28-40(37-21-23-53-47(30-37)45-12-4-6-15-51(45)59-53)27-41(29-42)38-22-24-54-48(31-38)46-13-5-7-16-52(46)60-54;1-2/h1-33H;1-2H3. The lowest BCUT2D eigenvalue weighted by Gasteiger charge is -2.14. The van der Waals surface area contributed by atoms with Crippen molar-refractivity contribution >= 4 is 73.8 Å². The van der Waals surface area contributed by atoms with Crippen LogP contribution < -0.4 is 0 Å². The minimum Gasteiger partial charge on any atom is -0.264 e. The van der Waals surface area contributed by atoms with E-state index in [-0.39, 0.29) is 0 Å². The smallest absolute Gasteiger partial charge is 0.160 e. The summed E-state index contributed by atoms with van der Waals surface area (Å²) in [5, 5.41) is 7.46. The fourth-order valence-electron chi connectivity index (χ4n) is 8.57. The number of benzene rings is 8. The minimum atomic E-state index is 0.693. The molecule has 4 heterocycles. The van der Waals surface area contributed by atoms with Gasteiger partial charge in [-0.1, -0.05) is 135 Å². The maximum Gasteiger partial charge on any atom is 0.160 e. The second-order valence-electron chi connectivity index (χ2n) is 15.2. The first kappa shape index (κ1) is 37.7. The van der Waals surface area contributed by atoms with Gasteiger partial charge in [0, 0.05) is 74.8 Å². The predicted octanol–water partition coefficient (Wildman–Crippen LogP) is 16.8. The van der Waals surface area contributed by atoms with Crippen LogP contribution in [0.3, 0.4) is 0 Å². The Bertz CT molecular complexity index is 3470. The van der Waals surface area contributed by atoms with Gasteiger partial charge in [0.2, 0.25) is 0 Å². The van der Waals surface area contributed by atoms with E-state index < -0.39 is 0 Å². The number of thiophene rings is 2. The molecule has 12 rings (SSSR count). The molecule has 0 aliphatic heterocycles. The third-order valence-corrected chi connectivity index (χ3v) is 13.9. The molecule has 0 aliphatic carbocycles. The molecule has 3 nitrogen and oxygen atoms in total. The zero-order valence-corrected chi connectivity index (χ0v) is 35.8. The highest BCUT2D eigenvalue weighted by Gasteiger charge is 2.16. The molecule has 0 atom stereocenters. The molecule has 0 N–H and O–H groups in total. The number of fused-ring (bicyclic) bond motifs is 7. The fraction of sp³-hybridized carbons (Fsp3) is 0.0351. The molecule has 5 heteroatoms. The summed E-state index contributed by atoms with van der Waals surface area (Å²) in [6.45, 7) is 4.00. The molecule has 294 valence electrons. The Morgan fingerprint density at radius 3 is 1.52 bits per heavy atom. The van der Waals surface area contributed by atoms with Gasteiger partial charge in [0.1, 0.15) is 0 Å². The summed E-state index contributed by atoms with van der Waals surface area (Å²) >= 11 is 3.70. The Labute approximate surface area is 368 Å². The zero-order chi connectivity index (χ0) is 41.6. The van der Waals surface area contributed by atoms with E-state index in [4.69, 9.17) is 9.97 Å². The Hall–Kier alpha value is -7.31. The number of hydrogen-bond acceptors (Lipinski definition) is 5. The van der Waals surface area contributed by atoms with Crippen LogP contribution in [0.15, 0.2) is 200 Å². The van der Waals surface area contributed by atoms with Gasteiger partial charge in [0.15, 0.2) is 5.82 Å². The first-order chi connectivity index (χ1) is 30.7. The molecule has 0 unspecified atom stereocenters. The highest BCUT2D eigenvalue weighted by Crippen LogP contribution is 2.41. The van der Waals surface area contributed by atoms with Crippen molar-refractivity contribution in [1.82, 2.24) is 15.0 Å². The average Bonchev–Trinajstić information content (AvgIpc) is 3.92. The Morgan fingerprint density at radius 1 is 0.339 bits per heavy atom. The van der Waals surface area contributed by atoms with Gasteiger partial charge in [-0.25, -0.2) is 9.97 Å². The summed E-state index contributed by atoms with van der Waals surface area (Å²) in [7, 11) is 0. The molecule has 4 aromatic heterocycles. The van der Waals surface area contributed by atoms with Crippen molar-refractivity contribution in [2.75, 3.05) is 0 Å². The summed E-state index contributed by atoms with van der Waals surface area (Å²) < 4.78 is 5.20. The van der Waals surface area contributed by atoms with Gasteiger partial charge in [-0.05, 0) is 105 Å². The van der Waals surface area contributed by atoms with Gasteiger partial charge in [0.25, 0.3) is 0 Å². The van der Waals surface area contributed by atoms with Crippen LogP contribution in [0.2, 0.25) is 0 Å². The molecule has 0 amide bonds.